The second-order valence-corrected chi connectivity index (χ2v) is 4.32. The molecule has 0 unspecified atom stereocenters. The second-order valence-electron chi connectivity index (χ2n) is 4.32. The highest BCUT2D eigenvalue weighted by Crippen LogP contribution is 2.03. The van der Waals surface area contributed by atoms with Gasteiger partial charge >= 0.3 is 5.69 Å². The SMILES string of the molecule is Cn1cc(C(N)=O)c(=O)n(Cc2ccc(F)cc2)c1=O. The number of primary amides is 1. The summed E-state index contributed by atoms with van der Waals surface area (Å²) in [7, 11) is 1.41. The summed E-state index contributed by atoms with van der Waals surface area (Å²) in [6, 6.07) is 5.36. The molecule has 0 saturated heterocycles. The van der Waals surface area contributed by atoms with Gasteiger partial charge in [0.25, 0.3) is 11.5 Å². The van der Waals surface area contributed by atoms with Gasteiger partial charge in [-0.3, -0.25) is 14.2 Å². The highest BCUT2D eigenvalue weighted by molar-refractivity contribution is 5.92. The average Bonchev–Trinajstić information content (AvgIpc) is 2.40. The van der Waals surface area contributed by atoms with Crippen LogP contribution in [0.5, 0.6) is 0 Å². The van der Waals surface area contributed by atoms with Crippen LogP contribution in [0.3, 0.4) is 0 Å². The molecule has 0 spiro atoms. The van der Waals surface area contributed by atoms with Crippen LogP contribution in [0.1, 0.15) is 15.9 Å². The summed E-state index contributed by atoms with van der Waals surface area (Å²) in [6.45, 7) is -0.0626. The highest BCUT2D eigenvalue weighted by Gasteiger charge is 2.14. The summed E-state index contributed by atoms with van der Waals surface area (Å²) in [6.07, 6.45) is 1.11. The number of carbonyl (C=O) groups excluding carboxylic acids is 1. The van der Waals surface area contributed by atoms with Gasteiger partial charge in [-0.25, -0.2) is 9.18 Å². The fraction of sp³-hybridized carbons (Fsp3) is 0.154. The van der Waals surface area contributed by atoms with Crippen molar-refractivity contribution in [3.8, 4) is 0 Å². The van der Waals surface area contributed by atoms with Crippen molar-refractivity contribution in [2.45, 2.75) is 6.54 Å². The number of aromatic nitrogens is 2. The molecule has 1 aromatic carbocycles. The van der Waals surface area contributed by atoms with Gasteiger partial charge in [0.2, 0.25) is 0 Å². The largest absolute Gasteiger partial charge is 0.365 e. The van der Waals surface area contributed by atoms with E-state index in [4.69, 9.17) is 5.73 Å². The van der Waals surface area contributed by atoms with E-state index in [-0.39, 0.29) is 12.1 Å². The maximum atomic E-state index is 12.8. The molecule has 0 fully saturated rings. The van der Waals surface area contributed by atoms with Gasteiger partial charge in [-0.05, 0) is 17.7 Å². The second kappa shape index (κ2) is 5.12. The number of aryl methyl sites for hydroxylation is 1. The van der Waals surface area contributed by atoms with Crippen molar-refractivity contribution in [1.29, 1.82) is 0 Å². The number of halogens is 1. The van der Waals surface area contributed by atoms with Crippen LogP contribution in [-0.4, -0.2) is 15.0 Å². The number of amides is 1. The molecule has 1 aromatic heterocycles. The zero-order valence-corrected chi connectivity index (χ0v) is 10.7. The predicted octanol–water partition coefficient (Wildman–Crippen LogP) is -0.167. The van der Waals surface area contributed by atoms with Gasteiger partial charge in [0.15, 0.2) is 0 Å². The molecule has 7 heteroatoms. The standard InChI is InChI=1S/C13H12FN3O3/c1-16-7-10(11(15)18)12(19)17(13(16)20)6-8-2-4-9(14)5-3-8/h2-5,7H,6H2,1H3,(H2,15,18). The van der Waals surface area contributed by atoms with Gasteiger partial charge in [-0.15, -0.1) is 0 Å². The minimum atomic E-state index is -0.904. The van der Waals surface area contributed by atoms with E-state index >= 15 is 0 Å². The van der Waals surface area contributed by atoms with Crippen molar-refractivity contribution >= 4 is 5.91 Å². The van der Waals surface area contributed by atoms with E-state index in [2.05, 4.69) is 0 Å². The van der Waals surface area contributed by atoms with Crippen molar-refractivity contribution in [3.05, 3.63) is 68.2 Å². The minimum absolute atomic E-state index is 0.0626. The molecule has 20 heavy (non-hydrogen) atoms. The summed E-state index contributed by atoms with van der Waals surface area (Å²) in [5, 5.41) is 0. The molecule has 1 amide bonds. The third-order valence-electron chi connectivity index (χ3n) is 2.85. The topological polar surface area (TPSA) is 87.1 Å². The van der Waals surface area contributed by atoms with E-state index in [1.54, 1.807) is 0 Å². The maximum Gasteiger partial charge on any atom is 0.331 e. The number of benzene rings is 1. The summed E-state index contributed by atoms with van der Waals surface area (Å²) in [5.74, 6) is -1.32. The Balaban J connectivity index is 2.56. The van der Waals surface area contributed by atoms with Crippen LogP contribution >= 0.6 is 0 Å². The molecule has 2 rings (SSSR count). The molecular formula is C13H12FN3O3. The molecule has 0 bridgehead atoms. The van der Waals surface area contributed by atoms with Gasteiger partial charge in [0.05, 0.1) is 6.54 Å². The normalized spacial score (nSPS) is 10.5. The Labute approximate surface area is 112 Å². The van der Waals surface area contributed by atoms with E-state index in [9.17, 15) is 18.8 Å². The van der Waals surface area contributed by atoms with E-state index in [0.29, 0.717) is 5.56 Å². The molecule has 0 saturated carbocycles. The lowest BCUT2D eigenvalue weighted by molar-refractivity contribution is 0.0997. The molecule has 0 aliphatic carbocycles. The van der Waals surface area contributed by atoms with Gasteiger partial charge in [-0.1, -0.05) is 12.1 Å². The summed E-state index contributed by atoms with van der Waals surface area (Å²) < 4.78 is 14.8. The molecule has 6 nitrogen and oxygen atoms in total. The summed E-state index contributed by atoms with van der Waals surface area (Å²) in [5.41, 5.74) is 4.05. The number of nitrogens with two attached hydrogens (primary N) is 1. The third-order valence-corrected chi connectivity index (χ3v) is 2.85. The lowest BCUT2D eigenvalue weighted by atomic mass is 10.2. The first-order valence-electron chi connectivity index (χ1n) is 5.75. The molecule has 0 atom stereocenters. The fourth-order valence-corrected chi connectivity index (χ4v) is 1.81. The Morgan fingerprint density at radius 2 is 1.85 bits per heavy atom. The molecular weight excluding hydrogens is 265 g/mol. The molecule has 0 aliphatic rings. The van der Waals surface area contributed by atoms with E-state index < -0.39 is 23.0 Å². The van der Waals surface area contributed by atoms with Crippen LogP contribution in [0.4, 0.5) is 4.39 Å². The molecule has 104 valence electrons. The number of hydrogen-bond donors (Lipinski definition) is 1. The zero-order chi connectivity index (χ0) is 14.9. The van der Waals surface area contributed by atoms with E-state index in [1.165, 1.54) is 31.3 Å². The van der Waals surface area contributed by atoms with Crippen LogP contribution in [0.2, 0.25) is 0 Å². The summed E-state index contributed by atoms with van der Waals surface area (Å²) >= 11 is 0. The summed E-state index contributed by atoms with van der Waals surface area (Å²) in [4.78, 5) is 35.1. The van der Waals surface area contributed by atoms with Crippen molar-refractivity contribution in [1.82, 2.24) is 9.13 Å². The van der Waals surface area contributed by atoms with Gasteiger partial charge < -0.3 is 10.3 Å². The minimum Gasteiger partial charge on any atom is -0.365 e. The predicted molar refractivity (Wildman–Crippen MR) is 70.0 cm³/mol. The maximum absolute atomic E-state index is 12.8. The Hall–Kier alpha value is -2.70. The van der Waals surface area contributed by atoms with E-state index in [0.717, 1.165) is 15.3 Å². The molecule has 2 N–H and O–H groups in total. The van der Waals surface area contributed by atoms with Gasteiger partial charge in [0.1, 0.15) is 11.4 Å². The lowest BCUT2D eigenvalue weighted by Crippen LogP contribution is -2.42. The molecule has 0 radical (unpaired) electrons. The molecule has 0 aliphatic heterocycles. The number of nitrogens with zero attached hydrogens (tertiary/aromatic N) is 2. The Bertz CT molecular complexity index is 775. The first-order valence-corrected chi connectivity index (χ1v) is 5.75. The number of carbonyl (C=O) groups is 1. The van der Waals surface area contributed by atoms with E-state index in [1.807, 2.05) is 0 Å². The zero-order valence-electron chi connectivity index (χ0n) is 10.7. The third kappa shape index (κ3) is 2.51. The highest BCUT2D eigenvalue weighted by atomic mass is 19.1. The van der Waals surface area contributed by atoms with Crippen molar-refractivity contribution in [2.75, 3.05) is 0 Å². The van der Waals surface area contributed by atoms with Crippen molar-refractivity contribution in [2.24, 2.45) is 12.8 Å². The van der Waals surface area contributed by atoms with Crippen LogP contribution in [-0.2, 0) is 13.6 Å². The Morgan fingerprint density at radius 3 is 2.40 bits per heavy atom. The lowest BCUT2D eigenvalue weighted by Gasteiger charge is -2.09. The van der Waals surface area contributed by atoms with Crippen molar-refractivity contribution < 1.29 is 9.18 Å². The van der Waals surface area contributed by atoms with Gasteiger partial charge in [-0.2, -0.15) is 0 Å². The number of hydrogen-bond acceptors (Lipinski definition) is 3. The van der Waals surface area contributed by atoms with Crippen LogP contribution in [0, 0.1) is 5.82 Å². The first kappa shape index (κ1) is 13.7. The monoisotopic (exact) mass is 277 g/mol. The molecule has 1 heterocycles. The molecule has 2 aromatic rings. The number of rotatable bonds is 3. The van der Waals surface area contributed by atoms with Gasteiger partial charge in [0, 0.05) is 13.2 Å². The average molecular weight is 277 g/mol. The van der Waals surface area contributed by atoms with Crippen molar-refractivity contribution in [3.63, 3.8) is 0 Å². The van der Waals surface area contributed by atoms with Crippen LogP contribution in [0.15, 0.2) is 40.1 Å². The van der Waals surface area contributed by atoms with Crippen LogP contribution < -0.4 is 17.0 Å². The smallest absolute Gasteiger partial charge is 0.331 e. The first-order chi connectivity index (χ1) is 9.40. The fourth-order valence-electron chi connectivity index (χ4n) is 1.81. The quantitative estimate of drug-likeness (QED) is 0.845. The Kier molecular flexibility index (Phi) is 3.51. The Morgan fingerprint density at radius 1 is 1.25 bits per heavy atom. The van der Waals surface area contributed by atoms with Crippen LogP contribution in [0.25, 0.3) is 0 Å².